The third kappa shape index (κ3) is 1.80. The number of rotatable bonds is 2. The second kappa shape index (κ2) is 3.82. The first-order valence-electron chi connectivity index (χ1n) is 6.41. The molecule has 2 heteroatoms. The molecule has 2 heterocycles. The van der Waals surface area contributed by atoms with Crippen LogP contribution in [0.25, 0.3) is 0 Å². The molecular weight excluding hydrogens is 212 g/mol. The highest BCUT2D eigenvalue weighted by molar-refractivity contribution is 5.29. The molecular formula is C15H20O2. The molecule has 0 bridgehead atoms. The molecule has 0 N–H and O–H groups in total. The zero-order valence-corrected chi connectivity index (χ0v) is 10.8. The summed E-state index contributed by atoms with van der Waals surface area (Å²) in [6, 6.07) is 8.76. The summed E-state index contributed by atoms with van der Waals surface area (Å²) in [6.07, 6.45) is 0.565. The third-order valence-corrected chi connectivity index (χ3v) is 3.96. The van der Waals surface area contributed by atoms with Gasteiger partial charge in [0.1, 0.15) is 0 Å². The van der Waals surface area contributed by atoms with Crippen molar-refractivity contribution in [3.63, 3.8) is 0 Å². The quantitative estimate of drug-likeness (QED) is 0.777. The van der Waals surface area contributed by atoms with E-state index in [1.54, 1.807) is 0 Å². The zero-order chi connectivity index (χ0) is 12.0. The molecule has 2 fully saturated rings. The van der Waals surface area contributed by atoms with Crippen LogP contribution in [0.3, 0.4) is 0 Å². The summed E-state index contributed by atoms with van der Waals surface area (Å²) in [7, 11) is 0. The summed E-state index contributed by atoms with van der Waals surface area (Å²) in [5, 5.41) is 0. The number of hydrogen-bond donors (Lipinski definition) is 0. The summed E-state index contributed by atoms with van der Waals surface area (Å²) >= 11 is 0. The van der Waals surface area contributed by atoms with E-state index in [-0.39, 0.29) is 11.5 Å². The van der Waals surface area contributed by atoms with Crippen molar-refractivity contribution >= 4 is 0 Å². The van der Waals surface area contributed by atoms with Crippen molar-refractivity contribution in [2.75, 3.05) is 13.2 Å². The van der Waals surface area contributed by atoms with Gasteiger partial charge in [-0.25, -0.2) is 0 Å². The fourth-order valence-electron chi connectivity index (χ4n) is 2.72. The Morgan fingerprint density at radius 1 is 1.06 bits per heavy atom. The average Bonchev–Trinajstić information content (AvgIpc) is 2.28. The van der Waals surface area contributed by atoms with E-state index in [9.17, 15) is 0 Å². The molecule has 0 aromatic heterocycles. The Labute approximate surface area is 103 Å². The monoisotopic (exact) mass is 232 g/mol. The highest BCUT2D eigenvalue weighted by Crippen LogP contribution is 2.46. The van der Waals surface area contributed by atoms with E-state index in [2.05, 4.69) is 45.0 Å². The van der Waals surface area contributed by atoms with Crippen LogP contribution in [-0.4, -0.2) is 13.2 Å². The van der Waals surface area contributed by atoms with E-state index in [1.807, 2.05) is 0 Å². The summed E-state index contributed by atoms with van der Waals surface area (Å²) < 4.78 is 11.2. The molecule has 17 heavy (non-hydrogen) atoms. The number of hydrogen-bond acceptors (Lipinski definition) is 2. The summed E-state index contributed by atoms with van der Waals surface area (Å²) in [4.78, 5) is 0. The largest absolute Gasteiger partial charge is 0.373 e. The Bertz CT molecular complexity index is 407. The SMILES string of the molecule is CC1COC1c1ccc(C2OCC2(C)C)cc1. The lowest BCUT2D eigenvalue weighted by molar-refractivity contribution is -0.172. The minimum atomic E-state index is 0.260. The van der Waals surface area contributed by atoms with Gasteiger partial charge in [-0.1, -0.05) is 45.0 Å². The smallest absolute Gasteiger partial charge is 0.0898 e. The van der Waals surface area contributed by atoms with Gasteiger partial charge in [0.25, 0.3) is 0 Å². The molecule has 0 radical (unpaired) electrons. The topological polar surface area (TPSA) is 18.5 Å². The van der Waals surface area contributed by atoms with Crippen molar-refractivity contribution < 1.29 is 9.47 Å². The first-order chi connectivity index (χ1) is 8.08. The molecule has 3 unspecified atom stereocenters. The molecule has 0 amide bonds. The van der Waals surface area contributed by atoms with Gasteiger partial charge in [0.2, 0.25) is 0 Å². The van der Waals surface area contributed by atoms with Crippen molar-refractivity contribution in [1.29, 1.82) is 0 Å². The van der Waals surface area contributed by atoms with Crippen LogP contribution in [-0.2, 0) is 9.47 Å². The van der Waals surface area contributed by atoms with Crippen LogP contribution in [0, 0.1) is 11.3 Å². The first-order valence-corrected chi connectivity index (χ1v) is 6.41. The second-order valence-corrected chi connectivity index (χ2v) is 6.08. The van der Waals surface area contributed by atoms with Crippen molar-refractivity contribution in [2.24, 2.45) is 11.3 Å². The van der Waals surface area contributed by atoms with Crippen LogP contribution < -0.4 is 0 Å². The normalized spacial score (nSPS) is 34.9. The van der Waals surface area contributed by atoms with Gasteiger partial charge in [-0.15, -0.1) is 0 Å². The van der Waals surface area contributed by atoms with E-state index >= 15 is 0 Å². The Morgan fingerprint density at radius 2 is 1.71 bits per heavy atom. The summed E-state index contributed by atoms with van der Waals surface area (Å²) in [5.74, 6) is 0.650. The molecule has 1 aromatic rings. The standard InChI is InChI=1S/C15H20O2/c1-10-8-16-13(10)11-4-6-12(7-5-11)14-15(2,3)9-17-14/h4-7,10,13-14H,8-9H2,1-3H3. The Balaban J connectivity index is 1.76. The van der Waals surface area contributed by atoms with Gasteiger partial charge in [-0.05, 0) is 11.1 Å². The molecule has 0 spiro atoms. The molecule has 0 saturated carbocycles. The van der Waals surface area contributed by atoms with Crippen molar-refractivity contribution in [2.45, 2.75) is 33.0 Å². The number of ether oxygens (including phenoxy) is 2. The second-order valence-electron chi connectivity index (χ2n) is 6.08. The number of benzene rings is 1. The lowest BCUT2D eigenvalue weighted by Gasteiger charge is -2.44. The van der Waals surface area contributed by atoms with Crippen LogP contribution in [0.4, 0.5) is 0 Å². The Hall–Kier alpha value is -0.860. The fraction of sp³-hybridized carbons (Fsp3) is 0.600. The van der Waals surface area contributed by atoms with Gasteiger partial charge in [-0.3, -0.25) is 0 Å². The minimum Gasteiger partial charge on any atom is -0.373 e. The van der Waals surface area contributed by atoms with Crippen LogP contribution in [0.2, 0.25) is 0 Å². The predicted molar refractivity (Wildman–Crippen MR) is 66.8 cm³/mol. The van der Waals surface area contributed by atoms with E-state index in [0.29, 0.717) is 12.0 Å². The lowest BCUT2D eigenvalue weighted by Crippen LogP contribution is -2.40. The summed E-state index contributed by atoms with van der Waals surface area (Å²) in [6.45, 7) is 8.51. The van der Waals surface area contributed by atoms with Gasteiger partial charge < -0.3 is 9.47 Å². The van der Waals surface area contributed by atoms with E-state index in [0.717, 1.165) is 13.2 Å². The molecule has 3 atom stereocenters. The molecule has 2 aliphatic rings. The van der Waals surface area contributed by atoms with Gasteiger partial charge in [0.15, 0.2) is 0 Å². The molecule has 92 valence electrons. The average molecular weight is 232 g/mol. The maximum absolute atomic E-state index is 5.66. The van der Waals surface area contributed by atoms with Gasteiger partial charge in [0, 0.05) is 11.3 Å². The van der Waals surface area contributed by atoms with Crippen LogP contribution in [0.15, 0.2) is 24.3 Å². The lowest BCUT2D eigenvalue weighted by atomic mass is 9.78. The van der Waals surface area contributed by atoms with E-state index < -0.39 is 0 Å². The molecule has 1 aromatic carbocycles. The minimum absolute atomic E-state index is 0.260. The molecule has 0 aliphatic carbocycles. The highest BCUT2D eigenvalue weighted by Gasteiger charge is 2.41. The highest BCUT2D eigenvalue weighted by atomic mass is 16.5. The maximum Gasteiger partial charge on any atom is 0.0898 e. The Morgan fingerprint density at radius 3 is 2.06 bits per heavy atom. The summed E-state index contributed by atoms with van der Waals surface area (Å²) in [5.41, 5.74) is 2.86. The van der Waals surface area contributed by atoms with E-state index in [4.69, 9.17) is 9.47 Å². The third-order valence-electron chi connectivity index (χ3n) is 3.96. The zero-order valence-electron chi connectivity index (χ0n) is 10.8. The molecule has 3 rings (SSSR count). The van der Waals surface area contributed by atoms with Gasteiger partial charge >= 0.3 is 0 Å². The molecule has 2 aliphatic heterocycles. The first kappa shape index (κ1) is 11.2. The fourth-order valence-corrected chi connectivity index (χ4v) is 2.72. The maximum atomic E-state index is 5.66. The van der Waals surface area contributed by atoms with Crippen LogP contribution in [0.1, 0.15) is 44.1 Å². The van der Waals surface area contributed by atoms with Gasteiger partial charge in [-0.2, -0.15) is 0 Å². The van der Waals surface area contributed by atoms with Crippen LogP contribution >= 0.6 is 0 Å². The van der Waals surface area contributed by atoms with Crippen LogP contribution in [0.5, 0.6) is 0 Å². The molecule has 2 saturated heterocycles. The predicted octanol–water partition coefficient (Wildman–Crippen LogP) is 3.49. The van der Waals surface area contributed by atoms with Crippen molar-refractivity contribution in [1.82, 2.24) is 0 Å². The Kier molecular flexibility index (Phi) is 2.53. The molecule has 2 nitrogen and oxygen atoms in total. The van der Waals surface area contributed by atoms with Gasteiger partial charge in [0.05, 0.1) is 25.4 Å². The van der Waals surface area contributed by atoms with Crippen molar-refractivity contribution in [3.05, 3.63) is 35.4 Å². The van der Waals surface area contributed by atoms with Crippen molar-refractivity contribution in [3.8, 4) is 0 Å². The van der Waals surface area contributed by atoms with E-state index in [1.165, 1.54) is 11.1 Å².